The van der Waals surface area contributed by atoms with Gasteiger partial charge in [-0.3, -0.25) is 14.4 Å². The SMILES string of the molecule is CC(=O)N[C@H]1[C@H](Oc2ccc3c(c2)C2(OC(=O)C4C=CC=CC42)c2cc(O[C@@H]4O[C@H](CO)[C@H](O)[C@H](O)[C@H]4NC(C)=O)ccc2O3)O[C@H](CO)[C@H](O)[C@@H]1O. The van der Waals surface area contributed by atoms with Crippen molar-refractivity contribution in [2.75, 3.05) is 13.2 Å². The molecule has 3 saturated heterocycles. The Labute approximate surface area is 302 Å². The van der Waals surface area contributed by atoms with Crippen LogP contribution in [0.15, 0.2) is 60.7 Å². The minimum atomic E-state index is -1.56. The van der Waals surface area contributed by atoms with Gasteiger partial charge in [0.05, 0.1) is 19.1 Å². The molecule has 7 rings (SSSR count). The van der Waals surface area contributed by atoms with Crippen LogP contribution in [0.25, 0.3) is 0 Å². The molecule has 2 aromatic carbocycles. The number of fused-ring (bicyclic) bond motifs is 6. The van der Waals surface area contributed by atoms with Crippen LogP contribution in [-0.2, 0) is 34.2 Å². The summed E-state index contributed by atoms with van der Waals surface area (Å²) in [5.74, 6) is -2.02. The predicted octanol–water partition coefficient (Wildman–Crippen LogP) is -1.40. The summed E-state index contributed by atoms with van der Waals surface area (Å²) >= 11 is 0. The molecule has 0 aromatic heterocycles. The van der Waals surface area contributed by atoms with Gasteiger partial charge in [0.25, 0.3) is 0 Å². The van der Waals surface area contributed by atoms with Gasteiger partial charge in [0.2, 0.25) is 24.4 Å². The highest BCUT2D eigenvalue weighted by molar-refractivity contribution is 5.82. The highest BCUT2D eigenvalue weighted by Crippen LogP contribution is 2.60. The standard InChI is InChI=1S/C36H40N2O15/c1-15(41)37-27-31(45)29(43)25(13-39)51-34(27)48-17-7-9-23-21(11-17)36(20-6-4-3-5-19(20)33(47)53-36)22-12-18(8-10-24(22)50-23)49-35-28(38-16(2)42)32(46)30(44)26(14-40)52-35/h3-12,19-20,25-32,34-35,39-40,43-46H,13-14H2,1-2H3,(H,37,41)(H,38,42)/t19?,20?,25-,26-,27-,28-,29+,30+,31-,32-,34-,35-/m1/s1. The molecular formula is C36H40N2O15. The molecule has 284 valence electrons. The molecule has 8 N–H and O–H groups in total. The maximum absolute atomic E-state index is 13.6. The van der Waals surface area contributed by atoms with Gasteiger partial charge in [-0.1, -0.05) is 24.3 Å². The van der Waals surface area contributed by atoms with E-state index in [1.807, 2.05) is 6.08 Å². The number of aliphatic hydroxyl groups is 6. The molecule has 0 radical (unpaired) electrons. The Bertz CT molecular complexity index is 1710. The first-order valence-electron chi connectivity index (χ1n) is 17.0. The third-order valence-electron chi connectivity index (χ3n) is 10.1. The topological polar surface area (TPSA) is 252 Å². The van der Waals surface area contributed by atoms with Gasteiger partial charge in [0.15, 0.2) is 5.60 Å². The van der Waals surface area contributed by atoms with Crippen LogP contribution in [0.1, 0.15) is 25.0 Å². The van der Waals surface area contributed by atoms with E-state index in [1.54, 1.807) is 54.6 Å². The highest BCUT2D eigenvalue weighted by atomic mass is 16.7. The zero-order valence-corrected chi connectivity index (χ0v) is 28.5. The predicted molar refractivity (Wildman–Crippen MR) is 177 cm³/mol. The lowest BCUT2D eigenvalue weighted by Gasteiger charge is -2.43. The van der Waals surface area contributed by atoms with Crippen LogP contribution in [0.2, 0.25) is 0 Å². The van der Waals surface area contributed by atoms with Crippen molar-refractivity contribution in [3.05, 3.63) is 71.8 Å². The van der Waals surface area contributed by atoms with Crippen molar-refractivity contribution in [3.63, 3.8) is 0 Å². The van der Waals surface area contributed by atoms with E-state index in [0.29, 0.717) is 22.6 Å². The molecule has 4 heterocycles. The molecule has 53 heavy (non-hydrogen) atoms. The largest absolute Gasteiger partial charge is 0.463 e. The molecule has 1 aliphatic carbocycles. The summed E-state index contributed by atoms with van der Waals surface area (Å²) < 4.78 is 36.5. The second-order valence-corrected chi connectivity index (χ2v) is 13.5. The highest BCUT2D eigenvalue weighted by Gasteiger charge is 2.60. The monoisotopic (exact) mass is 740 g/mol. The van der Waals surface area contributed by atoms with Crippen LogP contribution < -0.4 is 24.8 Å². The van der Waals surface area contributed by atoms with E-state index >= 15 is 0 Å². The fourth-order valence-corrected chi connectivity index (χ4v) is 7.58. The summed E-state index contributed by atoms with van der Waals surface area (Å²) in [6, 6.07) is 6.91. The van der Waals surface area contributed by atoms with Gasteiger partial charge in [-0.2, -0.15) is 0 Å². The Morgan fingerprint density at radius 2 is 1.21 bits per heavy atom. The van der Waals surface area contributed by atoms with E-state index in [9.17, 15) is 45.0 Å². The first kappa shape index (κ1) is 36.8. The number of carbonyl (C=O) groups is 3. The number of rotatable bonds is 8. The summed E-state index contributed by atoms with van der Waals surface area (Å²) in [6.07, 6.45) is -4.31. The van der Waals surface area contributed by atoms with E-state index in [-0.39, 0.29) is 11.5 Å². The van der Waals surface area contributed by atoms with Crippen LogP contribution in [0.3, 0.4) is 0 Å². The maximum atomic E-state index is 13.6. The normalized spacial score (nSPS) is 34.9. The van der Waals surface area contributed by atoms with Crippen molar-refractivity contribution in [3.8, 4) is 23.0 Å². The zero-order valence-electron chi connectivity index (χ0n) is 28.5. The van der Waals surface area contributed by atoms with Crippen molar-refractivity contribution < 1.29 is 73.4 Å². The average Bonchev–Trinajstić information content (AvgIpc) is 3.43. The molecule has 2 unspecified atom stereocenters. The molecule has 3 fully saturated rings. The second-order valence-electron chi connectivity index (χ2n) is 13.5. The van der Waals surface area contributed by atoms with Gasteiger partial charge in [0.1, 0.15) is 71.7 Å². The van der Waals surface area contributed by atoms with E-state index in [1.165, 1.54) is 13.8 Å². The Morgan fingerprint density at radius 1 is 0.736 bits per heavy atom. The van der Waals surface area contributed by atoms with Crippen LogP contribution in [0, 0.1) is 11.8 Å². The number of hydrogen-bond acceptors (Lipinski definition) is 15. The smallest absolute Gasteiger partial charge is 0.314 e. The Balaban J connectivity index is 1.28. The number of ether oxygens (including phenoxy) is 6. The van der Waals surface area contributed by atoms with Gasteiger partial charge < -0.3 is 69.7 Å². The van der Waals surface area contributed by atoms with Crippen LogP contribution in [0.4, 0.5) is 0 Å². The first-order chi connectivity index (χ1) is 25.4. The number of nitrogens with one attached hydrogen (secondary N) is 2. The molecular weight excluding hydrogens is 700 g/mol. The van der Waals surface area contributed by atoms with Crippen molar-refractivity contribution in [2.45, 2.75) is 80.7 Å². The average molecular weight is 741 g/mol. The number of esters is 1. The van der Waals surface area contributed by atoms with Gasteiger partial charge in [-0.05, 0) is 36.4 Å². The minimum absolute atomic E-state index is 0.134. The fraction of sp³-hybridized carbons (Fsp3) is 0.472. The molecule has 12 atom stereocenters. The van der Waals surface area contributed by atoms with Crippen molar-refractivity contribution in [1.82, 2.24) is 10.6 Å². The van der Waals surface area contributed by atoms with Crippen molar-refractivity contribution >= 4 is 17.8 Å². The number of carbonyl (C=O) groups excluding carboxylic acids is 3. The number of hydrogen-bond donors (Lipinski definition) is 8. The molecule has 17 heteroatoms. The molecule has 0 bridgehead atoms. The van der Waals surface area contributed by atoms with Gasteiger partial charge in [0, 0.05) is 30.9 Å². The third kappa shape index (κ3) is 6.42. The summed E-state index contributed by atoms with van der Waals surface area (Å²) in [5.41, 5.74) is -0.835. The fourth-order valence-electron chi connectivity index (χ4n) is 7.58. The molecule has 0 saturated carbocycles. The summed E-state index contributed by atoms with van der Waals surface area (Å²) in [5, 5.41) is 67.2. The van der Waals surface area contributed by atoms with E-state index < -0.39 is 110 Å². The quantitative estimate of drug-likeness (QED) is 0.145. The lowest BCUT2D eigenvalue weighted by molar-refractivity contribution is -0.244. The molecule has 2 aromatic rings. The number of amides is 2. The summed E-state index contributed by atoms with van der Waals surface area (Å²) in [4.78, 5) is 37.6. The maximum Gasteiger partial charge on any atom is 0.314 e. The minimum Gasteiger partial charge on any atom is -0.463 e. The van der Waals surface area contributed by atoms with E-state index in [0.717, 1.165) is 0 Å². The Hall–Kier alpha value is -4.59. The molecule has 1 spiro atoms. The lowest BCUT2D eigenvalue weighted by Crippen LogP contribution is -2.65. The number of allylic oxidation sites excluding steroid dienone is 2. The summed E-state index contributed by atoms with van der Waals surface area (Å²) in [6.45, 7) is 1.14. The van der Waals surface area contributed by atoms with Crippen molar-refractivity contribution in [1.29, 1.82) is 0 Å². The number of aliphatic hydroxyl groups excluding tert-OH is 6. The third-order valence-corrected chi connectivity index (χ3v) is 10.1. The summed E-state index contributed by atoms with van der Waals surface area (Å²) in [7, 11) is 0. The van der Waals surface area contributed by atoms with Gasteiger partial charge >= 0.3 is 5.97 Å². The van der Waals surface area contributed by atoms with Crippen LogP contribution >= 0.6 is 0 Å². The Morgan fingerprint density at radius 3 is 1.66 bits per heavy atom. The first-order valence-corrected chi connectivity index (χ1v) is 17.0. The Kier molecular flexibility index (Phi) is 9.94. The van der Waals surface area contributed by atoms with Gasteiger partial charge in [-0.15, -0.1) is 0 Å². The lowest BCUT2D eigenvalue weighted by atomic mass is 9.70. The molecule has 17 nitrogen and oxygen atoms in total. The number of benzene rings is 2. The van der Waals surface area contributed by atoms with E-state index in [4.69, 9.17) is 28.4 Å². The second kappa shape index (κ2) is 14.3. The molecule has 5 aliphatic rings. The van der Waals surface area contributed by atoms with Gasteiger partial charge in [-0.25, -0.2) is 0 Å². The molecule has 2 amide bonds. The van der Waals surface area contributed by atoms with Crippen molar-refractivity contribution in [2.24, 2.45) is 11.8 Å². The van der Waals surface area contributed by atoms with Crippen LogP contribution in [-0.4, -0.2) is 123 Å². The zero-order chi connectivity index (χ0) is 37.8. The molecule has 4 aliphatic heterocycles. The van der Waals surface area contributed by atoms with Crippen LogP contribution in [0.5, 0.6) is 23.0 Å². The van der Waals surface area contributed by atoms with E-state index in [2.05, 4.69) is 10.6 Å².